The molecule has 0 aliphatic heterocycles. The van der Waals surface area contributed by atoms with Gasteiger partial charge in [0.05, 0.1) is 35.2 Å². The molecular weight excluding hydrogens is 543 g/mol. The monoisotopic (exact) mass is 576 g/mol. The molecule has 2 heterocycles. The molecule has 208 valence electrons. The highest BCUT2D eigenvalue weighted by Crippen LogP contribution is 2.49. The Hall–Kier alpha value is -3.16. The lowest BCUT2D eigenvalue weighted by Gasteiger charge is -2.39. The SMILES string of the molecule is [C-]#[N+]c1ccc2nc(OC)c(C(c3cccc(C)c3F)C(O)(CCN(C)C)c3cc(SC)nc(SC)c3)cc2c1. The number of nitrogens with zero attached hydrogens (tertiary/aromatic N) is 4. The van der Waals surface area contributed by atoms with Crippen LogP contribution in [-0.4, -0.2) is 60.2 Å². The molecule has 0 saturated carbocycles. The number of ether oxygens (including phenoxy) is 1. The molecule has 0 saturated heterocycles. The van der Waals surface area contributed by atoms with Crippen molar-refractivity contribution in [1.82, 2.24) is 14.9 Å². The number of hydrogen-bond donors (Lipinski definition) is 1. The predicted octanol–water partition coefficient (Wildman–Crippen LogP) is 7.05. The van der Waals surface area contributed by atoms with Crippen molar-refractivity contribution in [1.29, 1.82) is 0 Å². The lowest BCUT2D eigenvalue weighted by atomic mass is 9.71. The van der Waals surface area contributed by atoms with Crippen LogP contribution in [0.4, 0.5) is 10.1 Å². The Labute approximate surface area is 243 Å². The molecule has 1 N–H and O–H groups in total. The first-order valence-electron chi connectivity index (χ1n) is 12.7. The van der Waals surface area contributed by atoms with Gasteiger partial charge in [-0.15, -0.1) is 23.5 Å². The normalized spacial score (nSPS) is 13.7. The van der Waals surface area contributed by atoms with E-state index >= 15 is 4.39 Å². The number of methoxy groups -OCH3 is 1. The molecule has 0 fully saturated rings. The maximum absolute atomic E-state index is 16.1. The molecule has 0 aliphatic carbocycles. The smallest absolute Gasteiger partial charge is 0.217 e. The van der Waals surface area contributed by atoms with Crippen molar-refractivity contribution in [2.24, 2.45) is 0 Å². The van der Waals surface area contributed by atoms with Gasteiger partial charge in [0.1, 0.15) is 11.4 Å². The summed E-state index contributed by atoms with van der Waals surface area (Å²) in [6, 6.07) is 16.1. The zero-order valence-electron chi connectivity index (χ0n) is 23.5. The highest BCUT2D eigenvalue weighted by Gasteiger charge is 2.44. The Morgan fingerprint density at radius 1 is 1.05 bits per heavy atom. The van der Waals surface area contributed by atoms with Crippen molar-refractivity contribution in [3.8, 4) is 5.88 Å². The number of fused-ring (bicyclic) bond motifs is 1. The van der Waals surface area contributed by atoms with E-state index in [0.29, 0.717) is 57.7 Å². The minimum Gasteiger partial charge on any atom is -0.481 e. The van der Waals surface area contributed by atoms with Crippen molar-refractivity contribution in [3.05, 3.63) is 94.1 Å². The molecule has 0 bridgehead atoms. The van der Waals surface area contributed by atoms with E-state index in [0.717, 1.165) is 10.1 Å². The second-order valence-corrected chi connectivity index (χ2v) is 11.6. The van der Waals surface area contributed by atoms with E-state index in [1.165, 1.54) is 30.6 Å². The van der Waals surface area contributed by atoms with Gasteiger partial charge in [-0.25, -0.2) is 19.2 Å². The van der Waals surface area contributed by atoms with Crippen LogP contribution in [-0.2, 0) is 5.60 Å². The molecule has 0 amide bonds. The van der Waals surface area contributed by atoms with E-state index in [1.807, 2.05) is 49.7 Å². The topological polar surface area (TPSA) is 62.8 Å². The van der Waals surface area contributed by atoms with Crippen LogP contribution < -0.4 is 4.74 Å². The fourth-order valence-corrected chi connectivity index (χ4v) is 5.89. The van der Waals surface area contributed by atoms with Crippen LogP contribution in [0.25, 0.3) is 15.7 Å². The molecule has 2 atom stereocenters. The lowest BCUT2D eigenvalue weighted by molar-refractivity contribution is 0.00234. The number of pyridine rings is 2. The van der Waals surface area contributed by atoms with Crippen LogP contribution in [0.15, 0.2) is 64.6 Å². The van der Waals surface area contributed by atoms with E-state index in [1.54, 1.807) is 43.3 Å². The van der Waals surface area contributed by atoms with Crippen molar-refractivity contribution >= 4 is 40.1 Å². The summed E-state index contributed by atoms with van der Waals surface area (Å²) in [5, 5.41) is 15.2. The van der Waals surface area contributed by atoms with E-state index in [-0.39, 0.29) is 0 Å². The molecule has 2 aromatic carbocycles. The zero-order valence-corrected chi connectivity index (χ0v) is 25.2. The molecule has 0 aliphatic rings. The third kappa shape index (κ3) is 5.96. The largest absolute Gasteiger partial charge is 0.481 e. The first-order chi connectivity index (χ1) is 19.1. The molecule has 0 spiro atoms. The summed E-state index contributed by atoms with van der Waals surface area (Å²) in [5.41, 5.74) is 1.54. The summed E-state index contributed by atoms with van der Waals surface area (Å²) < 4.78 is 21.9. The standard InChI is InChI=1S/C31H33FN4O2S2/c1-19-9-8-10-23(29(19)32)28(24-16-20-15-22(33-2)11-12-25(20)34-30(24)38-5)31(37,13-14-36(3)4)21-17-26(39-6)35-27(18-21)40-7/h8-12,15-18,28,37H,13-14H2,1,3-7H3. The number of aliphatic hydroxyl groups is 1. The number of halogens is 1. The van der Waals surface area contributed by atoms with Crippen molar-refractivity contribution in [2.45, 2.75) is 34.9 Å². The fourth-order valence-electron chi connectivity index (χ4n) is 4.97. The number of thioether (sulfide) groups is 2. The van der Waals surface area contributed by atoms with Crippen LogP contribution in [0, 0.1) is 19.3 Å². The van der Waals surface area contributed by atoms with Crippen LogP contribution >= 0.6 is 23.5 Å². The highest BCUT2D eigenvalue weighted by atomic mass is 32.2. The highest BCUT2D eigenvalue weighted by molar-refractivity contribution is 7.99. The molecule has 4 aromatic rings. The van der Waals surface area contributed by atoms with Gasteiger partial charge in [-0.1, -0.05) is 24.3 Å². The fraction of sp³-hybridized carbons (Fsp3) is 0.323. The van der Waals surface area contributed by atoms with Crippen LogP contribution in [0.5, 0.6) is 5.88 Å². The quantitative estimate of drug-likeness (QED) is 0.160. The maximum atomic E-state index is 16.1. The minimum absolute atomic E-state index is 0.293. The van der Waals surface area contributed by atoms with Crippen LogP contribution in [0.3, 0.4) is 0 Å². The van der Waals surface area contributed by atoms with E-state index in [2.05, 4.69) is 9.83 Å². The Bertz CT molecular complexity index is 1550. The second-order valence-electron chi connectivity index (χ2n) is 9.90. The Balaban J connectivity index is 2.12. The molecule has 6 nitrogen and oxygen atoms in total. The molecule has 9 heteroatoms. The average molecular weight is 577 g/mol. The summed E-state index contributed by atoms with van der Waals surface area (Å²) in [4.78, 5) is 15.0. The lowest BCUT2D eigenvalue weighted by Crippen LogP contribution is -2.38. The molecule has 4 rings (SSSR count). The molecule has 2 aromatic heterocycles. The van der Waals surface area contributed by atoms with Gasteiger partial charge in [-0.2, -0.15) is 0 Å². The van der Waals surface area contributed by atoms with Crippen molar-refractivity contribution in [3.63, 3.8) is 0 Å². The number of benzene rings is 2. The zero-order chi connectivity index (χ0) is 29.0. The van der Waals surface area contributed by atoms with E-state index in [4.69, 9.17) is 16.3 Å². The number of rotatable bonds is 10. The summed E-state index contributed by atoms with van der Waals surface area (Å²) in [6.45, 7) is 9.74. The third-order valence-corrected chi connectivity index (χ3v) is 8.33. The summed E-state index contributed by atoms with van der Waals surface area (Å²) in [5.74, 6) is -0.985. The minimum atomic E-state index is -1.57. The summed E-state index contributed by atoms with van der Waals surface area (Å²) >= 11 is 2.98. The van der Waals surface area contributed by atoms with Gasteiger partial charge in [-0.3, -0.25) is 0 Å². The van der Waals surface area contributed by atoms with Gasteiger partial charge in [0.25, 0.3) is 0 Å². The van der Waals surface area contributed by atoms with Gasteiger partial charge in [-0.05, 0) is 92.4 Å². The number of aryl methyl sites for hydroxylation is 1. The molecular formula is C31H33FN4O2S2. The maximum Gasteiger partial charge on any atom is 0.217 e. The van der Waals surface area contributed by atoms with Gasteiger partial charge < -0.3 is 14.7 Å². The first-order valence-corrected chi connectivity index (χ1v) is 15.2. The van der Waals surface area contributed by atoms with Gasteiger partial charge >= 0.3 is 0 Å². The Morgan fingerprint density at radius 2 is 1.75 bits per heavy atom. The Kier molecular flexibility index (Phi) is 9.37. The van der Waals surface area contributed by atoms with Crippen molar-refractivity contribution in [2.75, 3.05) is 40.3 Å². The molecule has 2 unspecified atom stereocenters. The summed E-state index contributed by atoms with van der Waals surface area (Å²) in [7, 11) is 5.41. The number of aromatic nitrogens is 2. The van der Waals surface area contributed by atoms with E-state index in [9.17, 15) is 5.11 Å². The second kappa shape index (κ2) is 12.6. The number of hydrogen-bond acceptors (Lipinski definition) is 7. The van der Waals surface area contributed by atoms with Gasteiger partial charge in [0, 0.05) is 12.1 Å². The average Bonchev–Trinajstić information content (AvgIpc) is 2.97. The first kappa shape index (κ1) is 29.8. The predicted molar refractivity (Wildman–Crippen MR) is 162 cm³/mol. The van der Waals surface area contributed by atoms with E-state index < -0.39 is 17.3 Å². The molecule has 40 heavy (non-hydrogen) atoms. The van der Waals surface area contributed by atoms with Gasteiger partial charge in [0.2, 0.25) is 5.88 Å². The van der Waals surface area contributed by atoms with Crippen LogP contribution in [0.2, 0.25) is 0 Å². The van der Waals surface area contributed by atoms with Gasteiger partial charge in [0.15, 0.2) is 5.69 Å². The summed E-state index contributed by atoms with van der Waals surface area (Å²) in [6.07, 6.45) is 4.18. The third-order valence-electron chi connectivity index (χ3n) is 7.07. The van der Waals surface area contributed by atoms with Crippen LogP contribution in [0.1, 0.15) is 34.6 Å². The molecule has 0 radical (unpaired) electrons. The van der Waals surface area contributed by atoms with Crippen molar-refractivity contribution < 1.29 is 14.2 Å². The Morgan fingerprint density at radius 3 is 2.35 bits per heavy atom.